The summed E-state index contributed by atoms with van der Waals surface area (Å²) >= 11 is 0. The van der Waals surface area contributed by atoms with Gasteiger partial charge in [0.1, 0.15) is 0 Å². The topological polar surface area (TPSA) is 87.7 Å². The second-order valence-electron chi connectivity index (χ2n) is 6.14. The van der Waals surface area contributed by atoms with E-state index in [2.05, 4.69) is 20.2 Å². The molecule has 0 saturated carbocycles. The van der Waals surface area contributed by atoms with Gasteiger partial charge in [0.05, 0.1) is 24.1 Å². The molecule has 8 heteroatoms. The molecular formula is C19H23N5O3. The number of amides is 2. The van der Waals surface area contributed by atoms with Crippen LogP contribution in [0.15, 0.2) is 43.0 Å². The van der Waals surface area contributed by atoms with Crippen molar-refractivity contribution in [1.29, 1.82) is 0 Å². The van der Waals surface area contributed by atoms with Gasteiger partial charge in [-0.25, -0.2) is 4.79 Å². The van der Waals surface area contributed by atoms with Gasteiger partial charge in [0.15, 0.2) is 0 Å². The van der Waals surface area contributed by atoms with E-state index in [1.807, 2.05) is 18.2 Å². The zero-order valence-corrected chi connectivity index (χ0v) is 15.3. The Morgan fingerprint density at radius 1 is 1.11 bits per heavy atom. The highest BCUT2D eigenvalue weighted by Gasteiger charge is 2.22. The third kappa shape index (κ3) is 4.93. The molecule has 2 amide bonds. The van der Waals surface area contributed by atoms with Crippen LogP contribution in [0.25, 0.3) is 0 Å². The molecule has 1 saturated heterocycles. The molecule has 1 fully saturated rings. The van der Waals surface area contributed by atoms with Crippen molar-refractivity contribution in [3.05, 3.63) is 54.1 Å². The van der Waals surface area contributed by atoms with E-state index in [1.54, 1.807) is 36.6 Å². The van der Waals surface area contributed by atoms with Crippen LogP contribution in [-0.4, -0.2) is 59.7 Å². The summed E-state index contributed by atoms with van der Waals surface area (Å²) < 4.78 is 5.04. The maximum atomic E-state index is 12.4. The standard InChI is InChI=1S/C19H23N5O3/c1-2-27-19(26)24-9-7-23(8-10-24)17-11-16(13-21-14-17)18(25)22-12-15-3-5-20-6-4-15/h3-6,11,13-14H,2,7-10,12H2,1H3,(H,22,25). The molecule has 0 aliphatic carbocycles. The van der Waals surface area contributed by atoms with Gasteiger partial charge in [-0.05, 0) is 30.7 Å². The van der Waals surface area contributed by atoms with Gasteiger partial charge in [-0.1, -0.05) is 0 Å². The minimum Gasteiger partial charge on any atom is -0.450 e. The fourth-order valence-corrected chi connectivity index (χ4v) is 2.87. The van der Waals surface area contributed by atoms with Crippen LogP contribution < -0.4 is 10.2 Å². The maximum absolute atomic E-state index is 12.4. The zero-order valence-electron chi connectivity index (χ0n) is 15.3. The Morgan fingerprint density at radius 3 is 2.56 bits per heavy atom. The number of anilines is 1. The van der Waals surface area contributed by atoms with Crippen molar-refractivity contribution in [1.82, 2.24) is 20.2 Å². The first-order valence-electron chi connectivity index (χ1n) is 8.96. The smallest absolute Gasteiger partial charge is 0.409 e. The fraction of sp³-hybridized carbons (Fsp3) is 0.368. The zero-order chi connectivity index (χ0) is 19.1. The van der Waals surface area contributed by atoms with E-state index in [-0.39, 0.29) is 12.0 Å². The van der Waals surface area contributed by atoms with E-state index in [4.69, 9.17) is 4.74 Å². The number of carbonyl (C=O) groups is 2. The normalized spacial score (nSPS) is 14.0. The Bertz CT molecular complexity index is 776. The number of ether oxygens (including phenoxy) is 1. The Balaban J connectivity index is 1.57. The number of nitrogens with one attached hydrogen (secondary N) is 1. The van der Waals surface area contributed by atoms with Crippen LogP contribution >= 0.6 is 0 Å². The fourth-order valence-electron chi connectivity index (χ4n) is 2.87. The maximum Gasteiger partial charge on any atom is 0.409 e. The monoisotopic (exact) mass is 369 g/mol. The number of nitrogens with zero attached hydrogens (tertiary/aromatic N) is 4. The molecule has 0 atom stereocenters. The third-order valence-electron chi connectivity index (χ3n) is 4.36. The Morgan fingerprint density at radius 2 is 1.85 bits per heavy atom. The first-order valence-corrected chi connectivity index (χ1v) is 8.96. The van der Waals surface area contributed by atoms with Crippen LogP contribution in [0, 0.1) is 0 Å². The van der Waals surface area contributed by atoms with Crippen molar-refractivity contribution in [3.8, 4) is 0 Å². The molecule has 0 spiro atoms. The summed E-state index contributed by atoms with van der Waals surface area (Å²) in [5.74, 6) is -0.175. The molecule has 27 heavy (non-hydrogen) atoms. The van der Waals surface area contributed by atoms with Gasteiger partial charge in [0.2, 0.25) is 0 Å². The van der Waals surface area contributed by atoms with Crippen LogP contribution in [0.3, 0.4) is 0 Å². The molecule has 3 rings (SSSR count). The number of aromatic nitrogens is 2. The lowest BCUT2D eigenvalue weighted by Gasteiger charge is -2.35. The molecule has 0 unspecified atom stereocenters. The highest BCUT2D eigenvalue weighted by Crippen LogP contribution is 2.17. The van der Waals surface area contributed by atoms with Crippen LogP contribution in [0.2, 0.25) is 0 Å². The second kappa shape index (κ2) is 8.98. The number of pyridine rings is 2. The minimum absolute atomic E-state index is 0.175. The predicted molar refractivity (Wildman–Crippen MR) is 100 cm³/mol. The molecule has 3 heterocycles. The first-order chi connectivity index (χ1) is 13.2. The second-order valence-corrected chi connectivity index (χ2v) is 6.14. The molecule has 142 valence electrons. The van der Waals surface area contributed by atoms with Gasteiger partial charge in [-0.15, -0.1) is 0 Å². The van der Waals surface area contributed by atoms with E-state index in [1.165, 1.54) is 0 Å². The predicted octanol–water partition coefficient (Wildman–Crippen LogP) is 1.69. The third-order valence-corrected chi connectivity index (χ3v) is 4.36. The van der Waals surface area contributed by atoms with Gasteiger partial charge in [-0.2, -0.15) is 0 Å². The summed E-state index contributed by atoms with van der Waals surface area (Å²) in [6.45, 7) is 5.11. The van der Waals surface area contributed by atoms with Crippen LogP contribution in [0.1, 0.15) is 22.8 Å². The first kappa shape index (κ1) is 18.6. The lowest BCUT2D eigenvalue weighted by Crippen LogP contribution is -2.49. The Labute approximate surface area is 158 Å². The number of hydrogen-bond acceptors (Lipinski definition) is 6. The SMILES string of the molecule is CCOC(=O)N1CCN(c2cncc(C(=O)NCc3ccncc3)c2)CC1. The largest absolute Gasteiger partial charge is 0.450 e. The molecule has 1 aliphatic rings. The average Bonchev–Trinajstić information content (AvgIpc) is 2.73. The van der Waals surface area contributed by atoms with Crippen molar-refractivity contribution in [2.45, 2.75) is 13.5 Å². The molecule has 0 bridgehead atoms. The Hall–Kier alpha value is -3.16. The quantitative estimate of drug-likeness (QED) is 0.863. The van der Waals surface area contributed by atoms with Gasteiger partial charge in [-0.3, -0.25) is 14.8 Å². The summed E-state index contributed by atoms with van der Waals surface area (Å²) in [5.41, 5.74) is 2.36. The molecular weight excluding hydrogens is 346 g/mol. The van der Waals surface area contributed by atoms with E-state index in [0.29, 0.717) is 44.9 Å². The number of piperazine rings is 1. The van der Waals surface area contributed by atoms with E-state index in [9.17, 15) is 9.59 Å². The number of rotatable bonds is 5. The summed E-state index contributed by atoms with van der Waals surface area (Å²) in [4.78, 5) is 36.2. The molecule has 8 nitrogen and oxygen atoms in total. The Kier molecular flexibility index (Phi) is 6.19. The number of hydrogen-bond donors (Lipinski definition) is 1. The summed E-state index contributed by atoms with van der Waals surface area (Å²) in [6.07, 6.45) is 6.40. The lowest BCUT2D eigenvalue weighted by atomic mass is 10.2. The summed E-state index contributed by atoms with van der Waals surface area (Å²) in [5, 5.41) is 2.89. The minimum atomic E-state index is -0.278. The van der Waals surface area contributed by atoms with Crippen LogP contribution in [0.4, 0.5) is 10.5 Å². The van der Waals surface area contributed by atoms with Crippen molar-refractivity contribution < 1.29 is 14.3 Å². The molecule has 1 N–H and O–H groups in total. The molecule has 0 radical (unpaired) electrons. The average molecular weight is 369 g/mol. The summed E-state index contributed by atoms with van der Waals surface area (Å²) in [7, 11) is 0. The van der Waals surface area contributed by atoms with E-state index >= 15 is 0 Å². The highest BCUT2D eigenvalue weighted by atomic mass is 16.6. The summed E-state index contributed by atoms with van der Waals surface area (Å²) in [6, 6.07) is 5.55. The van der Waals surface area contributed by atoms with Crippen molar-refractivity contribution >= 4 is 17.7 Å². The highest BCUT2D eigenvalue weighted by molar-refractivity contribution is 5.94. The van der Waals surface area contributed by atoms with Crippen LogP contribution in [-0.2, 0) is 11.3 Å². The van der Waals surface area contributed by atoms with Crippen molar-refractivity contribution in [2.75, 3.05) is 37.7 Å². The van der Waals surface area contributed by atoms with Gasteiger partial charge >= 0.3 is 6.09 Å². The number of carbonyl (C=O) groups excluding carboxylic acids is 2. The van der Waals surface area contributed by atoms with E-state index in [0.717, 1.165) is 11.3 Å². The van der Waals surface area contributed by atoms with Crippen molar-refractivity contribution in [2.24, 2.45) is 0 Å². The van der Waals surface area contributed by atoms with Gasteiger partial charge < -0.3 is 19.9 Å². The molecule has 2 aromatic rings. The van der Waals surface area contributed by atoms with Crippen LogP contribution in [0.5, 0.6) is 0 Å². The van der Waals surface area contributed by atoms with E-state index < -0.39 is 0 Å². The molecule has 2 aromatic heterocycles. The van der Waals surface area contributed by atoms with Crippen molar-refractivity contribution in [3.63, 3.8) is 0 Å². The van der Waals surface area contributed by atoms with Gasteiger partial charge in [0, 0.05) is 51.3 Å². The molecule has 0 aromatic carbocycles. The molecule has 1 aliphatic heterocycles. The van der Waals surface area contributed by atoms with Gasteiger partial charge in [0.25, 0.3) is 5.91 Å². The lowest BCUT2D eigenvalue weighted by molar-refractivity contribution is 0.0950.